The molecule has 542 valence electrons. The number of carboxylic acids is 8. The fourth-order valence-corrected chi connectivity index (χ4v) is 8.05. The van der Waals surface area contributed by atoms with E-state index in [4.69, 9.17) is 28.4 Å². The number of carboxylic acid groups (broad SMARTS) is 8. The van der Waals surface area contributed by atoms with E-state index in [1.165, 1.54) is 163 Å². The van der Waals surface area contributed by atoms with Crippen molar-refractivity contribution in [3.05, 3.63) is 0 Å². The zero-order valence-corrected chi connectivity index (χ0v) is 62.0. The molecule has 0 atom stereocenters. The number of rotatable bonds is 56. The Morgan fingerprint density at radius 2 is 0.385 bits per heavy atom. The van der Waals surface area contributed by atoms with E-state index in [2.05, 4.69) is 62.3 Å². The second-order valence-electron chi connectivity index (χ2n) is 22.9. The molecule has 0 saturated heterocycles. The van der Waals surface area contributed by atoms with Crippen molar-refractivity contribution in [1.82, 2.24) is 0 Å². The van der Waals surface area contributed by atoms with Crippen LogP contribution >= 0.6 is 0 Å². The van der Waals surface area contributed by atoms with Gasteiger partial charge < -0.3 is 60.0 Å². The molecule has 0 aliphatic heterocycles. The van der Waals surface area contributed by atoms with E-state index < -0.39 is 47.8 Å². The first-order chi connectivity index (χ1) is 43.6. The number of hydrogen-bond donors (Lipinski definition) is 4. The Morgan fingerprint density at radius 3 is 0.538 bits per heavy atom. The topological polar surface area (TPSA) is 328 Å². The third kappa shape index (κ3) is 169. The summed E-state index contributed by atoms with van der Waals surface area (Å²) in [5, 5.41) is 72.8. The third-order valence-electron chi connectivity index (χ3n) is 13.3. The molecule has 4 N–H and O–H groups in total. The molecule has 0 aromatic heterocycles. The van der Waals surface area contributed by atoms with Crippen LogP contribution in [0.2, 0.25) is 0 Å². The van der Waals surface area contributed by atoms with Gasteiger partial charge in [-0.3, -0.25) is 19.2 Å². The molecule has 0 amide bonds. The molecule has 0 unspecified atom stereocenters. The fourth-order valence-electron chi connectivity index (χ4n) is 7.73. The van der Waals surface area contributed by atoms with Gasteiger partial charge in [0.1, 0.15) is 0 Å². The first-order valence-electron chi connectivity index (χ1n) is 36.1. The van der Waals surface area contributed by atoms with Gasteiger partial charge in [0.25, 0.3) is 0 Å². The second-order valence-corrected chi connectivity index (χ2v) is 23.5. The Morgan fingerprint density at radius 1 is 0.231 bits per heavy atom. The van der Waals surface area contributed by atoms with E-state index in [9.17, 15) is 58.8 Å². The Hall–Kier alpha value is -3.58. The summed E-state index contributed by atoms with van der Waals surface area (Å²) in [6, 6.07) is 0. The van der Waals surface area contributed by atoms with E-state index in [1.807, 2.05) is 0 Å². The van der Waals surface area contributed by atoms with E-state index >= 15 is 0 Å². The monoisotopic (exact) mass is 1390 g/mol. The molecule has 0 aromatic rings. The van der Waals surface area contributed by atoms with Crippen LogP contribution in [0.4, 0.5) is 0 Å². The summed E-state index contributed by atoms with van der Waals surface area (Å²) in [5.41, 5.74) is 0. The van der Waals surface area contributed by atoms with Gasteiger partial charge in [-0.1, -0.05) is 261 Å². The van der Waals surface area contributed by atoms with Crippen LogP contribution in [0, 0.1) is 0 Å². The van der Waals surface area contributed by atoms with Crippen LogP contribution in [0.1, 0.15) is 396 Å². The van der Waals surface area contributed by atoms with E-state index in [-0.39, 0.29) is 25.7 Å². The van der Waals surface area contributed by atoms with Crippen molar-refractivity contribution in [2.24, 2.45) is 0 Å². The summed E-state index contributed by atoms with van der Waals surface area (Å²) in [4.78, 5) is 79.8. The average Bonchev–Trinajstić information content (AvgIpc) is 3.49. The normalized spacial score (nSPS) is 9.79. The van der Waals surface area contributed by atoms with Gasteiger partial charge in [-0.15, -0.1) is 0 Å². The first-order valence-corrected chi connectivity index (χ1v) is 37.0. The van der Waals surface area contributed by atoms with E-state index in [0.717, 1.165) is 161 Å². The van der Waals surface area contributed by atoms with Crippen molar-refractivity contribution in [1.29, 1.82) is 0 Å². The molecule has 0 saturated carbocycles. The van der Waals surface area contributed by atoms with Gasteiger partial charge in [-0.2, -0.15) is 0 Å². The minimum atomic E-state index is -0.920. The summed E-state index contributed by atoms with van der Waals surface area (Å²) in [6.07, 6.45) is 50.6. The van der Waals surface area contributed by atoms with Crippen molar-refractivity contribution in [2.45, 2.75) is 396 Å². The van der Waals surface area contributed by atoms with Gasteiger partial charge in [-0.05, 0) is 77.0 Å². The number of hydrogen-bond acceptors (Lipinski definition) is 14. The van der Waals surface area contributed by atoms with Crippen molar-refractivity contribution in [3.8, 4) is 0 Å². The van der Waals surface area contributed by atoms with Crippen LogP contribution in [0.15, 0.2) is 0 Å². The molecule has 0 spiro atoms. The summed E-state index contributed by atoms with van der Waals surface area (Å²) in [7, 11) is 0. The second kappa shape index (κ2) is 105. The molecular formula is C72H141NbO18. The van der Waals surface area contributed by atoms with Gasteiger partial charge in [0.05, 0.1) is 0 Å². The summed E-state index contributed by atoms with van der Waals surface area (Å²) < 4.78 is 10.3. The Balaban J connectivity index is -0.000000119. The standard InChI is InChI=1S/C8H17O2.8C8H16O2.Nb/c1-2-3-7-10-8-5-4-6-9;8*1-2-3-4-5-6-7-8(9)10;/h2-8H2,1H3;8*2-7H2,1H3,(H,9,10);/q-1;;;;;;;;;+5/p-4. The third-order valence-corrected chi connectivity index (χ3v) is 13.8. The van der Waals surface area contributed by atoms with Crippen molar-refractivity contribution in [3.63, 3.8) is 0 Å². The van der Waals surface area contributed by atoms with Crippen molar-refractivity contribution >= 4 is 47.8 Å². The van der Waals surface area contributed by atoms with Crippen molar-refractivity contribution in [2.75, 3.05) is 19.8 Å². The van der Waals surface area contributed by atoms with Crippen molar-refractivity contribution < 1.29 is 109 Å². The van der Waals surface area contributed by atoms with Crippen LogP contribution in [-0.4, -0.2) is 88.0 Å². The molecule has 0 radical (unpaired) electrons. The van der Waals surface area contributed by atoms with Crippen LogP contribution in [0.25, 0.3) is 0 Å². The number of carbonyl (C=O) groups excluding carboxylic acids is 4. The van der Waals surface area contributed by atoms with Gasteiger partial charge >= 0.3 is 106 Å². The maximum absolute atomic E-state index is 10.0. The van der Waals surface area contributed by atoms with Crippen LogP contribution in [-0.2, 0) is 67.8 Å². The molecule has 0 fully saturated rings. The van der Waals surface area contributed by atoms with Gasteiger partial charge in [0.15, 0.2) is 0 Å². The molecule has 0 heterocycles. The molecule has 0 aromatic carbocycles. The number of unbranched alkanes of at least 4 members (excludes halogenated alkanes) is 34. The Labute approximate surface area is 569 Å². The first kappa shape index (κ1) is 106. The fraction of sp³-hybridized carbons (Fsp3) is 0.889. The molecule has 18 nitrogen and oxygen atoms in total. The molecular weight excluding hydrogens is 1250 g/mol. The van der Waals surface area contributed by atoms with Gasteiger partial charge in [0.2, 0.25) is 0 Å². The SMILES string of the molecule is CCCCCCCC(=O)O.CCCCCCCC(=O)O.CCCCCCCC(=O)O.CCCCCCCC(=O)O.CCCCCCCC(=O)[O-].CCCCCCCC(=O)[O-].CCCCCCCC(=O)[O-].CCCCCCCC(=O)[O-].CCCCOCCCC[O][Nb+4]. The number of ether oxygens (including phenoxy) is 1. The minimum absolute atomic E-state index is 0.226. The molecule has 0 aliphatic carbocycles. The van der Waals surface area contributed by atoms with Crippen LogP contribution in [0.3, 0.4) is 0 Å². The Kier molecular flexibility index (Phi) is 123. The van der Waals surface area contributed by atoms with E-state index in [1.54, 1.807) is 0 Å². The molecule has 0 bridgehead atoms. The number of aliphatic carboxylic acids is 8. The maximum atomic E-state index is 10.0. The molecule has 0 rings (SSSR count). The Bertz CT molecular complexity index is 1150. The van der Waals surface area contributed by atoms with Gasteiger partial charge in [0, 0.05) is 49.6 Å². The molecule has 0 aliphatic rings. The summed E-state index contributed by atoms with van der Waals surface area (Å²) in [6.45, 7) is 22.0. The summed E-state index contributed by atoms with van der Waals surface area (Å²) in [5.74, 6) is -6.36. The zero-order chi connectivity index (χ0) is 70.9. The predicted molar refractivity (Wildman–Crippen MR) is 358 cm³/mol. The average molecular weight is 1390 g/mol. The zero-order valence-electron chi connectivity index (χ0n) is 59.8. The molecule has 19 heteroatoms. The number of carbonyl (C=O) groups is 8. The molecule has 91 heavy (non-hydrogen) atoms. The quantitative estimate of drug-likeness (QED) is 0.0325. The van der Waals surface area contributed by atoms with Crippen LogP contribution < -0.4 is 20.4 Å². The van der Waals surface area contributed by atoms with E-state index in [0.29, 0.717) is 25.7 Å². The predicted octanol–water partition coefficient (Wildman–Crippen LogP) is 16.2. The van der Waals surface area contributed by atoms with Gasteiger partial charge in [-0.25, -0.2) is 0 Å². The summed E-state index contributed by atoms with van der Waals surface area (Å²) >= 11 is 1.42. The van der Waals surface area contributed by atoms with Crippen LogP contribution in [0.5, 0.6) is 0 Å².